The van der Waals surface area contributed by atoms with Gasteiger partial charge in [-0.2, -0.15) is 0 Å². The molecule has 5 nitrogen and oxygen atoms in total. The highest BCUT2D eigenvalue weighted by atomic mass is 16.5. The molecule has 0 radical (unpaired) electrons. The first-order chi connectivity index (χ1) is 8.29. The van der Waals surface area contributed by atoms with Gasteiger partial charge in [-0.05, 0) is 19.1 Å². The number of nitrogens with zero attached hydrogens (tertiary/aromatic N) is 2. The van der Waals surface area contributed by atoms with Crippen LogP contribution in [0.2, 0.25) is 0 Å². The minimum absolute atomic E-state index is 0.339. The van der Waals surface area contributed by atoms with Gasteiger partial charge >= 0.3 is 6.09 Å². The van der Waals surface area contributed by atoms with Gasteiger partial charge in [-0.3, -0.25) is 5.32 Å². The van der Waals surface area contributed by atoms with E-state index in [9.17, 15) is 4.79 Å². The van der Waals surface area contributed by atoms with Gasteiger partial charge in [0.25, 0.3) is 0 Å². The molecule has 17 heavy (non-hydrogen) atoms. The zero-order valence-corrected chi connectivity index (χ0v) is 9.46. The molecule has 0 aliphatic heterocycles. The van der Waals surface area contributed by atoms with Crippen molar-refractivity contribution in [2.45, 2.75) is 6.92 Å². The smallest absolute Gasteiger partial charge is 0.412 e. The first-order valence-electron chi connectivity index (χ1n) is 5.34. The molecule has 1 aromatic heterocycles. The Kier molecular flexibility index (Phi) is 3.40. The van der Waals surface area contributed by atoms with Crippen molar-refractivity contribution in [2.75, 3.05) is 11.9 Å². The second-order valence-corrected chi connectivity index (χ2v) is 3.33. The number of carbonyl (C=O) groups excluding carboxylic acids is 1. The van der Waals surface area contributed by atoms with E-state index in [1.165, 1.54) is 0 Å². The van der Waals surface area contributed by atoms with E-state index < -0.39 is 6.09 Å². The van der Waals surface area contributed by atoms with Gasteiger partial charge in [0.05, 0.1) is 12.3 Å². The lowest BCUT2D eigenvalue weighted by atomic mass is 10.3. The van der Waals surface area contributed by atoms with Crippen LogP contribution in [-0.4, -0.2) is 22.5 Å². The molecule has 1 N–H and O–H groups in total. The zero-order chi connectivity index (χ0) is 12.1. The average Bonchev–Trinajstić information content (AvgIpc) is 2.79. The Hall–Kier alpha value is -2.30. The second kappa shape index (κ2) is 5.16. The molecule has 2 aromatic rings. The lowest BCUT2D eigenvalue weighted by Crippen LogP contribution is -2.13. The second-order valence-electron chi connectivity index (χ2n) is 3.33. The summed E-state index contributed by atoms with van der Waals surface area (Å²) in [6.07, 6.45) is 1.28. The Morgan fingerprint density at radius 3 is 2.82 bits per heavy atom. The molecule has 2 rings (SSSR count). The Balaban J connectivity index is 2.09. The van der Waals surface area contributed by atoms with Crippen LogP contribution in [0.25, 0.3) is 5.69 Å². The number of nitrogens with one attached hydrogen (secondary N) is 1. The summed E-state index contributed by atoms with van der Waals surface area (Å²) in [5.74, 6) is 0.465. The number of ether oxygens (including phenoxy) is 1. The summed E-state index contributed by atoms with van der Waals surface area (Å²) in [4.78, 5) is 11.2. The van der Waals surface area contributed by atoms with Crippen LogP contribution in [0, 0.1) is 0 Å². The van der Waals surface area contributed by atoms with Crippen molar-refractivity contribution in [3.63, 3.8) is 0 Å². The Bertz CT molecular complexity index is 493. The van der Waals surface area contributed by atoms with Crippen LogP contribution in [0.4, 0.5) is 10.6 Å². The highest BCUT2D eigenvalue weighted by Gasteiger charge is 2.05. The molecule has 0 aliphatic rings. The average molecular weight is 231 g/mol. The minimum Gasteiger partial charge on any atom is -0.450 e. The lowest BCUT2D eigenvalue weighted by molar-refractivity contribution is 0.168. The highest BCUT2D eigenvalue weighted by molar-refractivity contribution is 5.83. The van der Waals surface area contributed by atoms with E-state index in [0.29, 0.717) is 12.4 Å². The largest absolute Gasteiger partial charge is 0.450 e. The molecule has 0 aliphatic carbocycles. The van der Waals surface area contributed by atoms with E-state index >= 15 is 0 Å². The van der Waals surface area contributed by atoms with Gasteiger partial charge in [0, 0.05) is 12.3 Å². The van der Waals surface area contributed by atoms with Crippen LogP contribution in [-0.2, 0) is 4.74 Å². The lowest BCUT2D eigenvalue weighted by Gasteiger charge is -2.02. The number of amides is 1. The summed E-state index contributed by atoms with van der Waals surface area (Å²) in [7, 11) is 0. The summed E-state index contributed by atoms with van der Waals surface area (Å²) >= 11 is 0. The van der Waals surface area contributed by atoms with E-state index in [1.54, 1.807) is 23.9 Å². The fourth-order valence-corrected chi connectivity index (χ4v) is 1.39. The molecule has 0 fully saturated rings. The third-order valence-corrected chi connectivity index (χ3v) is 2.12. The standard InChI is InChI=1S/C12H13N3O2/c1-2-17-12(16)13-11-8-9-15(14-11)10-6-4-3-5-7-10/h3-9H,2H2,1H3,(H,13,14,16). The molecule has 0 atom stereocenters. The molecule has 5 heteroatoms. The third-order valence-electron chi connectivity index (χ3n) is 2.12. The van der Waals surface area contributed by atoms with Gasteiger partial charge in [0.2, 0.25) is 0 Å². The predicted molar refractivity (Wildman–Crippen MR) is 64.2 cm³/mol. The van der Waals surface area contributed by atoms with Crippen LogP contribution in [0.5, 0.6) is 0 Å². The number of carbonyl (C=O) groups is 1. The molecule has 0 saturated heterocycles. The monoisotopic (exact) mass is 231 g/mol. The summed E-state index contributed by atoms with van der Waals surface area (Å²) in [5.41, 5.74) is 0.935. The number of aromatic nitrogens is 2. The number of hydrogen-bond donors (Lipinski definition) is 1. The topological polar surface area (TPSA) is 56.1 Å². The number of benzene rings is 1. The van der Waals surface area contributed by atoms with Crippen molar-refractivity contribution in [1.29, 1.82) is 0 Å². The van der Waals surface area contributed by atoms with E-state index in [0.717, 1.165) is 5.69 Å². The van der Waals surface area contributed by atoms with Crippen LogP contribution in [0.15, 0.2) is 42.6 Å². The molecular formula is C12H13N3O2. The van der Waals surface area contributed by atoms with Crippen LogP contribution in [0.1, 0.15) is 6.92 Å². The SMILES string of the molecule is CCOC(=O)Nc1ccn(-c2ccccc2)n1. The predicted octanol–water partition coefficient (Wildman–Crippen LogP) is 2.44. The maximum atomic E-state index is 11.2. The van der Waals surface area contributed by atoms with Crippen molar-refractivity contribution >= 4 is 11.9 Å². The molecule has 0 spiro atoms. The molecule has 0 bridgehead atoms. The summed E-state index contributed by atoms with van der Waals surface area (Å²) in [6, 6.07) is 11.4. The minimum atomic E-state index is -0.495. The number of hydrogen-bond acceptors (Lipinski definition) is 3. The number of rotatable bonds is 3. The summed E-state index contributed by atoms with van der Waals surface area (Å²) in [5, 5.41) is 6.75. The Morgan fingerprint density at radius 2 is 2.12 bits per heavy atom. The quantitative estimate of drug-likeness (QED) is 0.882. The van der Waals surface area contributed by atoms with E-state index in [4.69, 9.17) is 4.74 Å². The van der Waals surface area contributed by atoms with Gasteiger partial charge in [0.15, 0.2) is 5.82 Å². The molecular weight excluding hydrogens is 218 g/mol. The molecule has 0 saturated carbocycles. The number of para-hydroxylation sites is 1. The van der Waals surface area contributed by atoms with Gasteiger partial charge in [0.1, 0.15) is 0 Å². The van der Waals surface area contributed by atoms with Gasteiger partial charge in [-0.1, -0.05) is 18.2 Å². The molecule has 1 heterocycles. The normalized spacial score (nSPS) is 9.94. The van der Waals surface area contributed by atoms with Crippen molar-refractivity contribution in [1.82, 2.24) is 9.78 Å². The summed E-state index contributed by atoms with van der Waals surface area (Å²) in [6.45, 7) is 2.09. The molecule has 88 valence electrons. The Morgan fingerprint density at radius 1 is 1.35 bits per heavy atom. The highest BCUT2D eigenvalue weighted by Crippen LogP contribution is 2.09. The van der Waals surface area contributed by atoms with Gasteiger partial charge < -0.3 is 4.74 Å². The first-order valence-corrected chi connectivity index (χ1v) is 5.34. The van der Waals surface area contributed by atoms with Crippen LogP contribution >= 0.6 is 0 Å². The van der Waals surface area contributed by atoms with E-state index in [1.807, 2.05) is 30.3 Å². The van der Waals surface area contributed by atoms with E-state index in [-0.39, 0.29) is 0 Å². The Labute approximate surface area is 99.0 Å². The van der Waals surface area contributed by atoms with Crippen molar-refractivity contribution < 1.29 is 9.53 Å². The van der Waals surface area contributed by atoms with Crippen molar-refractivity contribution in [3.8, 4) is 5.69 Å². The fraction of sp³-hybridized carbons (Fsp3) is 0.167. The maximum absolute atomic E-state index is 11.2. The van der Waals surface area contributed by atoms with Crippen molar-refractivity contribution in [3.05, 3.63) is 42.6 Å². The summed E-state index contributed by atoms with van der Waals surface area (Å²) < 4.78 is 6.44. The molecule has 0 unspecified atom stereocenters. The zero-order valence-electron chi connectivity index (χ0n) is 9.46. The van der Waals surface area contributed by atoms with Crippen LogP contribution in [0.3, 0.4) is 0 Å². The molecule has 1 aromatic carbocycles. The van der Waals surface area contributed by atoms with Crippen LogP contribution < -0.4 is 5.32 Å². The van der Waals surface area contributed by atoms with Gasteiger partial charge in [-0.25, -0.2) is 9.48 Å². The molecule has 1 amide bonds. The maximum Gasteiger partial charge on any atom is 0.412 e. The third kappa shape index (κ3) is 2.84. The van der Waals surface area contributed by atoms with Gasteiger partial charge in [-0.15, -0.1) is 5.10 Å². The fourth-order valence-electron chi connectivity index (χ4n) is 1.39. The number of anilines is 1. The first kappa shape index (κ1) is 11.2. The van der Waals surface area contributed by atoms with E-state index in [2.05, 4.69) is 10.4 Å². The van der Waals surface area contributed by atoms with Crippen molar-refractivity contribution in [2.24, 2.45) is 0 Å².